The molecule has 3 heterocycles. The van der Waals surface area contributed by atoms with Gasteiger partial charge in [0.05, 0.1) is 19.8 Å². The number of methoxy groups -OCH3 is 2. The number of esters is 2. The third-order valence-electron chi connectivity index (χ3n) is 3.37. The molecule has 2 N–H and O–H groups in total. The van der Waals surface area contributed by atoms with Crippen LogP contribution in [0.1, 0.15) is 25.6 Å². The highest BCUT2D eigenvalue weighted by Gasteiger charge is 2.27. The molecule has 0 amide bonds. The average Bonchev–Trinajstić information content (AvgIpc) is 3.23. The number of nitrogens with zero attached hydrogens (tertiary/aromatic N) is 2. The maximum Gasteiger partial charge on any atom is 0.348 e. The Morgan fingerprint density at radius 1 is 1.24 bits per heavy atom. The van der Waals surface area contributed by atoms with Gasteiger partial charge in [0.1, 0.15) is 26.1 Å². The molecule has 0 radical (unpaired) electrons. The Bertz CT molecular complexity index is 951. The summed E-state index contributed by atoms with van der Waals surface area (Å²) in [6, 6.07) is 1.94. The maximum atomic E-state index is 12.1. The molecular formula is C15H13N3O4S3. The Labute approximate surface area is 155 Å². The first-order valence-corrected chi connectivity index (χ1v) is 9.63. The van der Waals surface area contributed by atoms with Crippen molar-refractivity contribution >= 4 is 61.6 Å². The number of thiophene rings is 2. The van der Waals surface area contributed by atoms with Gasteiger partial charge in [0.2, 0.25) is 0 Å². The zero-order valence-corrected chi connectivity index (χ0v) is 15.7. The molecule has 0 bridgehead atoms. The summed E-state index contributed by atoms with van der Waals surface area (Å²) in [6.07, 6.45) is 1.49. The number of hydrogen-bond donors (Lipinski definition) is 1. The van der Waals surface area contributed by atoms with Crippen molar-refractivity contribution in [2.45, 2.75) is 10.8 Å². The number of fused-ring (bicyclic) bond motifs is 1. The lowest BCUT2D eigenvalue weighted by Gasteiger charge is -2.06. The Morgan fingerprint density at radius 2 is 2.00 bits per heavy atom. The van der Waals surface area contributed by atoms with Crippen molar-refractivity contribution < 1.29 is 19.1 Å². The van der Waals surface area contributed by atoms with Crippen LogP contribution in [-0.4, -0.2) is 36.1 Å². The first-order chi connectivity index (χ1) is 12.1. The topological polar surface area (TPSA) is 104 Å². The summed E-state index contributed by atoms with van der Waals surface area (Å²) in [5, 5.41) is 3.86. The lowest BCUT2D eigenvalue weighted by molar-refractivity contribution is 0.0601. The Balaban J connectivity index is 1.99. The van der Waals surface area contributed by atoms with Crippen molar-refractivity contribution in [1.82, 2.24) is 9.97 Å². The fourth-order valence-corrected chi connectivity index (χ4v) is 5.12. The molecule has 0 aromatic carbocycles. The van der Waals surface area contributed by atoms with E-state index in [2.05, 4.69) is 9.97 Å². The predicted octanol–water partition coefficient (Wildman–Crippen LogP) is 3.20. The molecule has 3 aromatic heterocycles. The first-order valence-electron chi connectivity index (χ1n) is 6.95. The van der Waals surface area contributed by atoms with Crippen LogP contribution >= 0.6 is 34.4 Å². The standard InChI is InChI=1S/C15H13N3O4S3/c1-21-14(19)9-8(10(15(20)22-2)25-11(9)16)5-24-13-7-3-4-23-12(7)17-6-18-13/h3-4,6H,5,16H2,1-2H3. The maximum absolute atomic E-state index is 12.1. The average molecular weight is 395 g/mol. The molecule has 0 spiro atoms. The molecule has 0 aliphatic heterocycles. The molecule has 130 valence electrons. The largest absolute Gasteiger partial charge is 0.465 e. The zero-order valence-electron chi connectivity index (χ0n) is 13.3. The van der Waals surface area contributed by atoms with E-state index in [-0.39, 0.29) is 10.6 Å². The van der Waals surface area contributed by atoms with E-state index in [1.165, 1.54) is 43.6 Å². The summed E-state index contributed by atoms with van der Waals surface area (Å²) in [6.45, 7) is 0. The predicted molar refractivity (Wildman–Crippen MR) is 98.4 cm³/mol. The lowest BCUT2D eigenvalue weighted by atomic mass is 10.1. The molecule has 0 aliphatic rings. The van der Waals surface area contributed by atoms with Gasteiger partial charge in [-0.05, 0) is 11.4 Å². The second-order valence-corrected chi connectivity index (χ2v) is 7.65. The molecule has 0 unspecified atom stereocenters. The molecule has 25 heavy (non-hydrogen) atoms. The number of ether oxygens (including phenoxy) is 2. The van der Waals surface area contributed by atoms with Crippen LogP contribution in [0.5, 0.6) is 0 Å². The van der Waals surface area contributed by atoms with E-state index in [9.17, 15) is 9.59 Å². The SMILES string of the molecule is COC(=O)c1sc(N)c(C(=O)OC)c1CSc1ncnc2sccc12. The van der Waals surface area contributed by atoms with Crippen molar-refractivity contribution in [1.29, 1.82) is 0 Å². The minimum atomic E-state index is -0.581. The van der Waals surface area contributed by atoms with Gasteiger partial charge in [-0.3, -0.25) is 0 Å². The summed E-state index contributed by atoms with van der Waals surface area (Å²) < 4.78 is 9.60. The third kappa shape index (κ3) is 3.32. The first kappa shape index (κ1) is 17.6. The van der Waals surface area contributed by atoms with Gasteiger partial charge in [0.25, 0.3) is 0 Å². The number of carbonyl (C=O) groups is 2. The second kappa shape index (κ2) is 7.38. The number of nitrogens with two attached hydrogens (primary N) is 1. The van der Waals surface area contributed by atoms with Gasteiger partial charge in [0.15, 0.2) is 0 Å². The van der Waals surface area contributed by atoms with E-state index < -0.39 is 11.9 Å². The highest BCUT2D eigenvalue weighted by molar-refractivity contribution is 7.98. The molecule has 0 aliphatic carbocycles. The minimum absolute atomic E-state index is 0.205. The van der Waals surface area contributed by atoms with Gasteiger partial charge in [-0.2, -0.15) is 0 Å². The van der Waals surface area contributed by atoms with Crippen LogP contribution < -0.4 is 5.73 Å². The Kier molecular flexibility index (Phi) is 5.21. The number of thioether (sulfide) groups is 1. The molecule has 3 rings (SSSR count). The van der Waals surface area contributed by atoms with Crippen LogP contribution in [-0.2, 0) is 15.2 Å². The summed E-state index contributed by atoms with van der Waals surface area (Å²) in [5.41, 5.74) is 6.63. The van der Waals surface area contributed by atoms with E-state index in [1.807, 2.05) is 11.4 Å². The summed E-state index contributed by atoms with van der Waals surface area (Å²) in [7, 11) is 2.56. The molecule has 7 nitrogen and oxygen atoms in total. The van der Waals surface area contributed by atoms with E-state index >= 15 is 0 Å². The third-order valence-corrected chi connectivity index (χ3v) is 6.27. The van der Waals surface area contributed by atoms with Crippen molar-refractivity contribution in [3.63, 3.8) is 0 Å². The molecule has 3 aromatic rings. The van der Waals surface area contributed by atoms with E-state index in [1.54, 1.807) is 0 Å². The number of nitrogen functional groups attached to an aromatic ring is 1. The van der Waals surface area contributed by atoms with Crippen LogP contribution in [0.3, 0.4) is 0 Å². The van der Waals surface area contributed by atoms with Crippen molar-refractivity contribution in [3.8, 4) is 0 Å². The number of carbonyl (C=O) groups excluding carboxylic acids is 2. The van der Waals surface area contributed by atoms with Crippen molar-refractivity contribution in [2.75, 3.05) is 20.0 Å². The van der Waals surface area contributed by atoms with Crippen LogP contribution in [0, 0.1) is 0 Å². The quantitative estimate of drug-likeness (QED) is 0.399. The van der Waals surface area contributed by atoms with Crippen LogP contribution in [0.4, 0.5) is 5.00 Å². The van der Waals surface area contributed by atoms with Gasteiger partial charge in [0, 0.05) is 16.7 Å². The number of hydrogen-bond acceptors (Lipinski definition) is 10. The number of anilines is 1. The van der Waals surface area contributed by atoms with Gasteiger partial charge in [-0.15, -0.1) is 34.4 Å². The highest BCUT2D eigenvalue weighted by atomic mass is 32.2. The van der Waals surface area contributed by atoms with Crippen LogP contribution in [0.25, 0.3) is 10.2 Å². The smallest absolute Gasteiger partial charge is 0.348 e. The second-order valence-electron chi connectivity index (χ2n) is 4.74. The number of rotatable bonds is 5. The van der Waals surface area contributed by atoms with E-state index in [0.29, 0.717) is 16.2 Å². The monoisotopic (exact) mass is 395 g/mol. The molecule has 0 fully saturated rings. The van der Waals surface area contributed by atoms with Crippen LogP contribution in [0.15, 0.2) is 22.8 Å². The van der Waals surface area contributed by atoms with Gasteiger partial charge in [-0.25, -0.2) is 19.6 Å². The summed E-state index contributed by atoms with van der Waals surface area (Å²) in [5.74, 6) is -0.793. The Hall–Kier alpha value is -2.17. The molecule has 0 saturated carbocycles. The fourth-order valence-electron chi connectivity index (χ4n) is 2.23. The Morgan fingerprint density at radius 3 is 2.72 bits per heavy atom. The lowest BCUT2D eigenvalue weighted by Crippen LogP contribution is -2.08. The normalized spacial score (nSPS) is 10.8. The van der Waals surface area contributed by atoms with Crippen molar-refractivity contribution in [2.24, 2.45) is 0 Å². The number of aromatic nitrogens is 2. The summed E-state index contributed by atoms with van der Waals surface area (Å²) in [4.78, 5) is 33.8. The zero-order chi connectivity index (χ0) is 18.0. The van der Waals surface area contributed by atoms with Gasteiger partial charge in [-0.1, -0.05) is 0 Å². The van der Waals surface area contributed by atoms with Crippen molar-refractivity contribution in [3.05, 3.63) is 33.8 Å². The van der Waals surface area contributed by atoms with Gasteiger partial charge >= 0.3 is 11.9 Å². The van der Waals surface area contributed by atoms with Gasteiger partial charge < -0.3 is 15.2 Å². The summed E-state index contributed by atoms with van der Waals surface area (Å²) >= 11 is 3.93. The molecular weight excluding hydrogens is 382 g/mol. The molecule has 0 atom stereocenters. The minimum Gasteiger partial charge on any atom is -0.465 e. The fraction of sp³-hybridized carbons (Fsp3) is 0.200. The molecule has 0 saturated heterocycles. The van der Waals surface area contributed by atoms with Crippen LogP contribution in [0.2, 0.25) is 0 Å². The molecule has 10 heteroatoms. The highest BCUT2D eigenvalue weighted by Crippen LogP contribution is 2.37. The van der Waals surface area contributed by atoms with E-state index in [4.69, 9.17) is 15.2 Å². The van der Waals surface area contributed by atoms with E-state index in [0.717, 1.165) is 26.6 Å².